The fourth-order valence-electron chi connectivity index (χ4n) is 1.68. The van der Waals surface area contributed by atoms with E-state index in [0.717, 1.165) is 11.3 Å². The quantitative estimate of drug-likeness (QED) is 0.467. The van der Waals surface area contributed by atoms with Crippen molar-refractivity contribution < 1.29 is 4.79 Å². The van der Waals surface area contributed by atoms with Crippen LogP contribution in [0.5, 0.6) is 0 Å². The number of carbonyl (C=O) groups is 1. The molecule has 98 valence electrons. The molecule has 0 fully saturated rings. The number of nitrogens with one attached hydrogen (secondary N) is 1. The first kappa shape index (κ1) is 13.0. The predicted octanol–water partition coefficient (Wildman–Crippen LogP) is 0.204. The van der Waals surface area contributed by atoms with E-state index in [9.17, 15) is 9.59 Å². The molecule has 1 amide bonds. The van der Waals surface area contributed by atoms with Gasteiger partial charge in [-0.05, 0) is 30.7 Å². The Morgan fingerprint density at radius 2 is 1.95 bits per heavy atom. The zero-order valence-corrected chi connectivity index (χ0v) is 10.5. The highest BCUT2D eigenvalue weighted by Crippen LogP contribution is 2.05. The van der Waals surface area contributed by atoms with Gasteiger partial charge < -0.3 is 0 Å². The number of hydrogen-bond donors (Lipinski definition) is 2. The fraction of sp³-hybridized carbons (Fsp3) is 0.154. The number of nitrogens with zero attached hydrogens (tertiary/aromatic N) is 2. The molecular weight excluding hydrogens is 244 g/mol. The van der Waals surface area contributed by atoms with E-state index >= 15 is 0 Å². The van der Waals surface area contributed by atoms with E-state index in [1.807, 2.05) is 6.92 Å². The number of rotatable bonds is 3. The van der Waals surface area contributed by atoms with Gasteiger partial charge in [0.15, 0.2) is 0 Å². The van der Waals surface area contributed by atoms with Gasteiger partial charge in [0.1, 0.15) is 0 Å². The molecule has 0 spiro atoms. The van der Waals surface area contributed by atoms with Gasteiger partial charge in [-0.2, -0.15) is 5.10 Å². The van der Waals surface area contributed by atoms with Gasteiger partial charge in [-0.3, -0.25) is 15.0 Å². The molecule has 0 radical (unpaired) electrons. The van der Waals surface area contributed by atoms with E-state index in [1.54, 1.807) is 30.3 Å². The van der Waals surface area contributed by atoms with Crippen LogP contribution in [0.25, 0.3) is 0 Å². The van der Waals surface area contributed by atoms with Crippen molar-refractivity contribution in [2.45, 2.75) is 13.5 Å². The summed E-state index contributed by atoms with van der Waals surface area (Å²) in [5.41, 5.74) is 4.03. The molecule has 6 nitrogen and oxygen atoms in total. The van der Waals surface area contributed by atoms with E-state index in [4.69, 9.17) is 5.84 Å². The largest absolute Gasteiger partial charge is 0.290 e. The van der Waals surface area contributed by atoms with E-state index in [-0.39, 0.29) is 11.5 Å². The fourth-order valence-corrected chi connectivity index (χ4v) is 1.68. The van der Waals surface area contributed by atoms with Crippen LogP contribution in [-0.2, 0) is 6.54 Å². The average molecular weight is 258 g/mol. The molecule has 0 saturated heterocycles. The molecule has 0 aliphatic carbocycles. The number of amides is 1. The van der Waals surface area contributed by atoms with Crippen LogP contribution in [0.2, 0.25) is 0 Å². The summed E-state index contributed by atoms with van der Waals surface area (Å²) in [4.78, 5) is 22.9. The van der Waals surface area contributed by atoms with Crippen LogP contribution in [0.15, 0.2) is 41.2 Å². The van der Waals surface area contributed by atoms with Crippen molar-refractivity contribution in [1.29, 1.82) is 0 Å². The lowest BCUT2D eigenvalue weighted by atomic mass is 10.1. The molecule has 19 heavy (non-hydrogen) atoms. The molecule has 0 aliphatic rings. The van der Waals surface area contributed by atoms with Crippen molar-refractivity contribution in [2.24, 2.45) is 5.84 Å². The monoisotopic (exact) mass is 258 g/mol. The topological polar surface area (TPSA) is 90.0 Å². The van der Waals surface area contributed by atoms with Gasteiger partial charge in [0.2, 0.25) is 0 Å². The molecule has 3 N–H and O–H groups in total. The van der Waals surface area contributed by atoms with Crippen LogP contribution in [0, 0.1) is 6.92 Å². The standard InChI is InChI=1S/C13H14N4O2/c1-9-2-7-12(18)17(16-9)8-10-3-5-11(6-4-10)13(19)15-14/h2-7H,8,14H2,1H3,(H,15,19). The Morgan fingerprint density at radius 1 is 1.26 bits per heavy atom. The maximum atomic E-state index is 11.6. The molecule has 1 aromatic carbocycles. The minimum atomic E-state index is -0.350. The van der Waals surface area contributed by atoms with Gasteiger partial charge >= 0.3 is 0 Å². The number of carbonyl (C=O) groups excluding carboxylic acids is 1. The van der Waals surface area contributed by atoms with Gasteiger partial charge in [0, 0.05) is 11.6 Å². The predicted molar refractivity (Wildman–Crippen MR) is 70.4 cm³/mol. The summed E-state index contributed by atoms with van der Waals surface area (Å²) in [5.74, 6) is 4.70. The third kappa shape index (κ3) is 3.05. The van der Waals surface area contributed by atoms with Crippen molar-refractivity contribution in [3.63, 3.8) is 0 Å². The highest BCUT2D eigenvalue weighted by molar-refractivity contribution is 5.93. The van der Waals surface area contributed by atoms with Crippen molar-refractivity contribution in [2.75, 3.05) is 0 Å². The number of nitrogens with two attached hydrogens (primary N) is 1. The van der Waals surface area contributed by atoms with E-state index in [2.05, 4.69) is 10.5 Å². The second-order valence-electron chi connectivity index (χ2n) is 4.14. The summed E-state index contributed by atoms with van der Waals surface area (Å²) in [6.07, 6.45) is 0. The minimum absolute atomic E-state index is 0.158. The molecule has 0 aliphatic heterocycles. The molecule has 1 heterocycles. The second kappa shape index (κ2) is 5.45. The van der Waals surface area contributed by atoms with Gasteiger partial charge in [0.05, 0.1) is 12.2 Å². The van der Waals surface area contributed by atoms with Crippen LogP contribution < -0.4 is 16.8 Å². The summed E-state index contributed by atoms with van der Waals surface area (Å²) < 4.78 is 1.38. The lowest BCUT2D eigenvalue weighted by Gasteiger charge is -2.06. The van der Waals surface area contributed by atoms with Crippen LogP contribution in [0.4, 0.5) is 0 Å². The number of hydrazine groups is 1. The number of nitrogen functional groups attached to an aromatic ring is 1. The highest BCUT2D eigenvalue weighted by Gasteiger charge is 2.04. The lowest BCUT2D eigenvalue weighted by Crippen LogP contribution is -2.29. The van der Waals surface area contributed by atoms with Crippen molar-refractivity contribution in [3.8, 4) is 0 Å². The van der Waals surface area contributed by atoms with Gasteiger partial charge in [-0.15, -0.1) is 0 Å². The number of aryl methyl sites for hydroxylation is 1. The number of aromatic nitrogens is 2. The summed E-state index contributed by atoms with van der Waals surface area (Å²) in [5, 5.41) is 4.15. The first-order valence-corrected chi connectivity index (χ1v) is 5.75. The second-order valence-corrected chi connectivity index (χ2v) is 4.14. The Morgan fingerprint density at radius 3 is 2.58 bits per heavy atom. The van der Waals surface area contributed by atoms with E-state index in [1.165, 1.54) is 10.7 Å². The molecule has 2 aromatic rings. The first-order chi connectivity index (χ1) is 9.10. The van der Waals surface area contributed by atoms with Gasteiger partial charge in [-0.25, -0.2) is 10.5 Å². The molecule has 0 atom stereocenters. The molecule has 0 saturated carbocycles. The number of hydrogen-bond acceptors (Lipinski definition) is 4. The Kier molecular flexibility index (Phi) is 3.72. The summed E-state index contributed by atoms with van der Waals surface area (Å²) in [6.45, 7) is 2.19. The van der Waals surface area contributed by atoms with Crippen LogP contribution in [0.3, 0.4) is 0 Å². The van der Waals surface area contributed by atoms with Crippen LogP contribution in [0.1, 0.15) is 21.6 Å². The van der Waals surface area contributed by atoms with Crippen molar-refractivity contribution in [3.05, 3.63) is 63.6 Å². The number of benzene rings is 1. The SMILES string of the molecule is Cc1ccc(=O)n(Cc2ccc(C(=O)NN)cc2)n1. The Bertz CT molecular complexity index is 646. The smallest absolute Gasteiger partial charge is 0.267 e. The van der Waals surface area contributed by atoms with E-state index in [0.29, 0.717) is 12.1 Å². The van der Waals surface area contributed by atoms with Crippen LogP contribution in [-0.4, -0.2) is 15.7 Å². The summed E-state index contributed by atoms with van der Waals surface area (Å²) in [6, 6.07) is 9.99. The minimum Gasteiger partial charge on any atom is -0.290 e. The highest BCUT2D eigenvalue weighted by atomic mass is 16.2. The molecular formula is C13H14N4O2. The summed E-state index contributed by atoms with van der Waals surface area (Å²) in [7, 11) is 0. The zero-order valence-electron chi connectivity index (χ0n) is 10.5. The van der Waals surface area contributed by atoms with Crippen molar-refractivity contribution >= 4 is 5.91 Å². The Balaban J connectivity index is 2.22. The zero-order chi connectivity index (χ0) is 13.8. The third-order valence-electron chi connectivity index (χ3n) is 2.68. The molecule has 0 unspecified atom stereocenters. The third-order valence-corrected chi connectivity index (χ3v) is 2.68. The van der Waals surface area contributed by atoms with Crippen LogP contribution >= 0.6 is 0 Å². The van der Waals surface area contributed by atoms with Gasteiger partial charge in [-0.1, -0.05) is 12.1 Å². The Hall–Kier alpha value is -2.47. The lowest BCUT2D eigenvalue weighted by molar-refractivity contribution is 0.0953. The maximum absolute atomic E-state index is 11.6. The molecule has 2 rings (SSSR count). The maximum Gasteiger partial charge on any atom is 0.267 e. The Labute approximate surface area is 109 Å². The average Bonchev–Trinajstić information content (AvgIpc) is 2.43. The normalized spacial score (nSPS) is 10.2. The first-order valence-electron chi connectivity index (χ1n) is 5.75. The molecule has 0 bridgehead atoms. The van der Waals surface area contributed by atoms with Gasteiger partial charge in [0.25, 0.3) is 11.5 Å². The molecule has 6 heteroatoms. The summed E-state index contributed by atoms with van der Waals surface area (Å²) >= 11 is 0. The van der Waals surface area contributed by atoms with E-state index < -0.39 is 0 Å². The van der Waals surface area contributed by atoms with Crippen molar-refractivity contribution in [1.82, 2.24) is 15.2 Å². The molecule has 1 aromatic heterocycles.